The molecule has 0 radical (unpaired) electrons. The number of nitrogens with zero attached hydrogens (tertiary/aromatic N) is 1. The first-order valence-electron chi connectivity index (χ1n) is 5.64. The van der Waals surface area contributed by atoms with Crippen LogP contribution in [0.25, 0.3) is 0 Å². The van der Waals surface area contributed by atoms with Gasteiger partial charge in [-0.15, -0.1) is 0 Å². The summed E-state index contributed by atoms with van der Waals surface area (Å²) >= 11 is 0. The smallest absolute Gasteiger partial charge is 0.224 e. The van der Waals surface area contributed by atoms with Gasteiger partial charge in [0.2, 0.25) is 5.91 Å². The monoisotopic (exact) mass is 221 g/mol. The number of hydrogen-bond acceptors (Lipinski definition) is 3. The van der Waals surface area contributed by atoms with E-state index < -0.39 is 0 Å². The molecule has 1 rings (SSSR count). The van der Waals surface area contributed by atoms with Crippen LogP contribution in [-0.2, 0) is 11.3 Å². The van der Waals surface area contributed by atoms with Crippen LogP contribution in [0.1, 0.15) is 25.3 Å². The number of carbonyl (C=O) groups excluding carboxylic acids is 1. The van der Waals surface area contributed by atoms with E-state index in [1.165, 1.54) is 0 Å². The Morgan fingerprint density at radius 1 is 1.62 bits per heavy atom. The lowest BCUT2D eigenvalue weighted by Crippen LogP contribution is -2.34. The van der Waals surface area contributed by atoms with Gasteiger partial charge in [-0.05, 0) is 18.1 Å². The van der Waals surface area contributed by atoms with Gasteiger partial charge in [0.25, 0.3) is 0 Å². The Labute approximate surface area is 96.3 Å². The minimum Gasteiger partial charge on any atom is -0.352 e. The summed E-state index contributed by atoms with van der Waals surface area (Å²) < 4.78 is 0. The van der Waals surface area contributed by atoms with Crippen LogP contribution >= 0.6 is 0 Å². The molecule has 0 spiro atoms. The fourth-order valence-electron chi connectivity index (χ4n) is 1.54. The Bertz CT molecular complexity index is 313. The molecule has 1 aromatic heterocycles. The second kappa shape index (κ2) is 6.95. The van der Waals surface area contributed by atoms with E-state index >= 15 is 0 Å². The molecule has 16 heavy (non-hydrogen) atoms. The van der Waals surface area contributed by atoms with Crippen LogP contribution in [0.4, 0.5) is 0 Å². The lowest BCUT2D eigenvalue weighted by atomic mass is 10.0. The third kappa shape index (κ3) is 3.98. The normalized spacial score (nSPS) is 12.1. The van der Waals surface area contributed by atoms with Crippen molar-refractivity contribution in [3.63, 3.8) is 0 Å². The number of carbonyl (C=O) groups is 1. The van der Waals surface area contributed by atoms with Gasteiger partial charge in [0.1, 0.15) is 0 Å². The Kier molecular flexibility index (Phi) is 5.50. The molecule has 4 nitrogen and oxygen atoms in total. The van der Waals surface area contributed by atoms with Crippen LogP contribution in [0.15, 0.2) is 24.5 Å². The molecule has 1 heterocycles. The maximum absolute atomic E-state index is 11.7. The molecule has 1 unspecified atom stereocenters. The molecule has 1 atom stereocenters. The van der Waals surface area contributed by atoms with Crippen LogP contribution in [0.3, 0.4) is 0 Å². The number of aromatic nitrogens is 1. The zero-order valence-electron chi connectivity index (χ0n) is 9.65. The Balaban J connectivity index is 2.40. The molecule has 0 saturated heterocycles. The lowest BCUT2D eigenvalue weighted by Gasteiger charge is -2.13. The molecule has 1 aromatic rings. The molecule has 0 fully saturated rings. The molecule has 0 aliphatic rings. The van der Waals surface area contributed by atoms with Gasteiger partial charge in [0, 0.05) is 25.5 Å². The van der Waals surface area contributed by atoms with Crippen LogP contribution in [0.2, 0.25) is 0 Å². The van der Waals surface area contributed by atoms with Crippen LogP contribution in [-0.4, -0.2) is 17.4 Å². The molecule has 0 bridgehead atoms. The topological polar surface area (TPSA) is 68.0 Å². The number of rotatable bonds is 6. The van der Waals surface area contributed by atoms with Gasteiger partial charge in [-0.1, -0.05) is 19.4 Å². The van der Waals surface area contributed by atoms with E-state index in [2.05, 4.69) is 17.2 Å². The molecule has 0 aromatic carbocycles. The Morgan fingerprint density at radius 2 is 2.44 bits per heavy atom. The summed E-state index contributed by atoms with van der Waals surface area (Å²) in [5.41, 5.74) is 6.56. The number of pyridine rings is 1. The third-order valence-electron chi connectivity index (χ3n) is 2.48. The van der Waals surface area contributed by atoms with Gasteiger partial charge in [0.05, 0.1) is 5.92 Å². The summed E-state index contributed by atoms with van der Waals surface area (Å²) in [6.45, 7) is 2.98. The predicted molar refractivity (Wildman–Crippen MR) is 63.5 cm³/mol. The SMILES string of the molecule is CCCC(CN)C(=O)NCc1cccnc1. The number of hydrogen-bond donors (Lipinski definition) is 2. The highest BCUT2D eigenvalue weighted by Gasteiger charge is 2.14. The first kappa shape index (κ1) is 12.6. The van der Waals surface area contributed by atoms with Gasteiger partial charge < -0.3 is 11.1 Å². The molecule has 0 aliphatic carbocycles. The second-order valence-corrected chi connectivity index (χ2v) is 3.80. The maximum atomic E-state index is 11.7. The van der Waals surface area contributed by atoms with Crippen molar-refractivity contribution in [2.45, 2.75) is 26.3 Å². The van der Waals surface area contributed by atoms with E-state index in [9.17, 15) is 4.79 Å². The van der Waals surface area contributed by atoms with Gasteiger partial charge in [0.15, 0.2) is 0 Å². The summed E-state index contributed by atoms with van der Waals surface area (Å²) in [7, 11) is 0. The van der Waals surface area contributed by atoms with Crippen molar-refractivity contribution >= 4 is 5.91 Å². The van der Waals surface area contributed by atoms with Crippen molar-refractivity contribution in [3.8, 4) is 0 Å². The highest BCUT2D eigenvalue weighted by molar-refractivity contribution is 5.78. The van der Waals surface area contributed by atoms with Gasteiger partial charge in [-0.25, -0.2) is 0 Å². The number of nitrogens with one attached hydrogen (secondary N) is 1. The minimum absolute atomic E-state index is 0.0354. The zero-order valence-corrected chi connectivity index (χ0v) is 9.65. The van der Waals surface area contributed by atoms with Gasteiger partial charge in [-0.2, -0.15) is 0 Å². The summed E-state index contributed by atoms with van der Waals surface area (Å²) in [6, 6.07) is 3.79. The summed E-state index contributed by atoms with van der Waals surface area (Å²) in [6.07, 6.45) is 5.28. The molecule has 88 valence electrons. The van der Waals surface area contributed by atoms with Crippen molar-refractivity contribution in [3.05, 3.63) is 30.1 Å². The second-order valence-electron chi connectivity index (χ2n) is 3.80. The summed E-state index contributed by atoms with van der Waals surface area (Å²) in [5, 5.41) is 2.88. The third-order valence-corrected chi connectivity index (χ3v) is 2.48. The van der Waals surface area contributed by atoms with Crippen molar-refractivity contribution in [1.82, 2.24) is 10.3 Å². The molecule has 4 heteroatoms. The average Bonchev–Trinajstić information content (AvgIpc) is 2.34. The van der Waals surface area contributed by atoms with E-state index in [1.807, 2.05) is 12.1 Å². The van der Waals surface area contributed by atoms with Crippen molar-refractivity contribution in [2.75, 3.05) is 6.54 Å². The van der Waals surface area contributed by atoms with E-state index in [-0.39, 0.29) is 11.8 Å². The number of nitrogens with two attached hydrogens (primary N) is 1. The minimum atomic E-state index is -0.0679. The largest absolute Gasteiger partial charge is 0.352 e. The maximum Gasteiger partial charge on any atom is 0.224 e. The highest BCUT2D eigenvalue weighted by Crippen LogP contribution is 2.05. The quantitative estimate of drug-likeness (QED) is 0.755. The lowest BCUT2D eigenvalue weighted by molar-refractivity contribution is -0.125. The summed E-state index contributed by atoms with van der Waals surface area (Å²) in [4.78, 5) is 15.7. The predicted octanol–water partition coefficient (Wildman–Crippen LogP) is 1.07. The average molecular weight is 221 g/mol. The highest BCUT2D eigenvalue weighted by atomic mass is 16.1. The van der Waals surface area contributed by atoms with Crippen molar-refractivity contribution < 1.29 is 4.79 Å². The fraction of sp³-hybridized carbons (Fsp3) is 0.500. The zero-order chi connectivity index (χ0) is 11.8. The van der Waals surface area contributed by atoms with E-state index in [1.54, 1.807) is 12.4 Å². The van der Waals surface area contributed by atoms with Crippen molar-refractivity contribution in [1.29, 1.82) is 0 Å². The van der Waals surface area contributed by atoms with E-state index in [4.69, 9.17) is 5.73 Å². The Morgan fingerprint density at radius 3 is 3.00 bits per heavy atom. The van der Waals surface area contributed by atoms with E-state index in [0.717, 1.165) is 18.4 Å². The van der Waals surface area contributed by atoms with Gasteiger partial charge in [-0.3, -0.25) is 9.78 Å². The summed E-state index contributed by atoms with van der Waals surface area (Å²) in [5.74, 6) is -0.0325. The van der Waals surface area contributed by atoms with E-state index in [0.29, 0.717) is 13.1 Å². The molecule has 1 amide bonds. The van der Waals surface area contributed by atoms with Crippen LogP contribution < -0.4 is 11.1 Å². The van der Waals surface area contributed by atoms with Crippen molar-refractivity contribution in [2.24, 2.45) is 11.7 Å². The molecular weight excluding hydrogens is 202 g/mol. The molecule has 0 aliphatic heterocycles. The first-order valence-corrected chi connectivity index (χ1v) is 5.64. The number of amides is 1. The fourth-order valence-corrected chi connectivity index (χ4v) is 1.54. The molecular formula is C12H19N3O. The Hall–Kier alpha value is -1.42. The first-order chi connectivity index (χ1) is 7.77. The molecule has 0 saturated carbocycles. The van der Waals surface area contributed by atoms with Crippen LogP contribution in [0, 0.1) is 5.92 Å². The standard InChI is InChI=1S/C12H19N3O/c1-2-4-11(7-13)12(16)15-9-10-5-3-6-14-8-10/h3,5-6,8,11H,2,4,7,9,13H2,1H3,(H,15,16). The van der Waals surface area contributed by atoms with Crippen LogP contribution in [0.5, 0.6) is 0 Å². The molecule has 3 N–H and O–H groups in total. The van der Waals surface area contributed by atoms with Gasteiger partial charge >= 0.3 is 0 Å².